The molecule has 2 unspecified atom stereocenters. The Balaban J connectivity index is 2.24. The van der Waals surface area contributed by atoms with Crippen LogP contribution in [-0.2, 0) is 4.74 Å². The molecule has 4 heteroatoms. The molecule has 0 radical (unpaired) electrons. The first-order chi connectivity index (χ1) is 10.1. The normalized spacial score (nSPS) is 32.6. The molecule has 128 valence electrons. The molecule has 2 rings (SSSR count). The lowest BCUT2D eigenvalue weighted by Crippen LogP contribution is -2.64. The fourth-order valence-corrected chi connectivity index (χ4v) is 4.11. The number of carbonyl (C=O) groups excluding carboxylic acids is 1. The number of hydrogen-bond acceptors (Lipinski definition) is 3. The second-order valence-corrected chi connectivity index (χ2v) is 8.90. The van der Waals surface area contributed by atoms with Gasteiger partial charge in [0.2, 0.25) is 0 Å². The summed E-state index contributed by atoms with van der Waals surface area (Å²) in [7, 11) is 0. The first-order valence-corrected chi connectivity index (χ1v) is 8.77. The molecule has 1 heterocycles. The number of ether oxygens (including phenoxy) is 1. The summed E-state index contributed by atoms with van der Waals surface area (Å²) in [6.45, 7) is 15.4. The summed E-state index contributed by atoms with van der Waals surface area (Å²) < 4.78 is 5.67. The van der Waals surface area contributed by atoms with Crippen LogP contribution in [0.1, 0.15) is 67.2 Å². The van der Waals surface area contributed by atoms with Crippen molar-refractivity contribution in [3.05, 3.63) is 0 Å². The third-order valence-corrected chi connectivity index (χ3v) is 5.90. The van der Waals surface area contributed by atoms with Gasteiger partial charge < -0.3 is 15.0 Å². The molecule has 0 aromatic rings. The van der Waals surface area contributed by atoms with E-state index in [0.717, 1.165) is 19.6 Å². The maximum atomic E-state index is 12.7. The van der Waals surface area contributed by atoms with Crippen LogP contribution in [-0.4, -0.2) is 42.3 Å². The molecule has 0 spiro atoms. The lowest BCUT2D eigenvalue weighted by Gasteiger charge is -2.56. The molecule has 1 aliphatic carbocycles. The van der Waals surface area contributed by atoms with E-state index >= 15 is 0 Å². The van der Waals surface area contributed by atoms with E-state index in [2.05, 4.69) is 26.1 Å². The van der Waals surface area contributed by atoms with Crippen molar-refractivity contribution < 1.29 is 9.53 Å². The van der Waals surface area contributed by atoms with Gasteiger partial charge in [0, 0.05) is 19.6 Å². The van der Waals surface area contributed by atoms with E-state index in [1.165, 1.54) is 25.7 Å². The van der Waals surface area contributed by atoms with Gasteiger partial charge in [0.1, 0.15) is 5.60 Å². The molecule has 1 saturated carbocycles. The molecule has 22 heavy (non-hydrogen) atoms. The standard InChI is InChI=1S/C18H34N2O2/c1-16(2,3)22-15(21)20-12-11-19-13-14(20)18(6)10-8-7-9-17(18,4)5/h14,19H,7-13H2,1-6H3. The van der Waals surface area contributed by atoms with Crippen molar-refractivity contribution in [2.45, 2.75) is 78.9 Å². The van der Waals surface area contributed by atoms with Gasteiger partial charge in [-0.25, -0.2) is 4.79 Å². The minimum absolute atomic E-state index is 0.134. The lowest BCUT2D eigenvalue weighted by molar-refractivity contribution is -0.0658. The van der Waals surface area contributed by atoms with Gasteiger partial charge in [-0.1, -0.05) is 33.6 Å². The molecular weight excluding hydrogens is 276 g/mol. The Morgan fingerprint density at radius 1 is 1.18 bits per heavy atom. The Labute approximate surface area is 136 Å². The molecule has 1 N–H and O–H groups in total. The molecule has 1 saturated heterocycles. The molecule has 4 nitrogen and oxygen atoms in total. The first-order valence-electron chi connectivity index (χ1n) is 8.77. The molecular formula is C18H34N2O2. The SMILES string of the molecule is CC(C)(C)OC(=O)N1CCNCC1C1(C)CCCCC1(C)C. The van der Waals surface area contributed by atoms with Gasteiger partial charge in [-0.15, -0.1) is 0 Å². The van der Waals surface area contributed by atoms with E-state index in [4.69, 9.17) is 4.74 Å². The van der Waals surface area contributed by atoms with Crippen LogP contribution in [0, 0.1) is 10.8 Å². The largest absolute Gasteiger partial charge is 0.444 e. The van der Waals surface area contributed by atoms with E-state index in [-0.39, 0.29) is 23.0 Å². The van der Waals surface area contributed by atoms with Crippen molar-refractivity contribution in [1.82, 2.24) is 10.2 Å². The highest BCUT2D eigenvalue weighted by Crippen LogP contribution is 2.53. The molecule has 0 bridgehead atoms. The van der Waals surface area contributed by atoms with Crippen LogP contribution in [0.15, 0.2) is 0 Å². The molecule has 0 aromatic carbocycles. The highest BCUT2D eigenvalue weighted by atomic mass is 16.6. The zero-order valence-corrected chi connectivity index (χ0v) is 15.3. The zero-order chi connectivity index (χ0) is 16.6. The van der Waals surface area contributed by atoms with Crippen LogP contribution >= 0.6 is 0 Å². The quantitative estimate of drug-likeness (QED) is 0.801. The van der Waals surface area contributed by atoms with Crippen molar-refractivity contribution in [1.29, 1.82) is 0 Å². The number of hydrogen-bond donors (Lipinski definition) is 1. The van der Waals surface area contributed by atoms with E-state index in [1.807, 2.05) is 25.7 Å². The average Bonchev–Trinajstić information content (AvgIpc) is 2.40. The molecule has 0 aromatic heterocycles. The van der Waals surface area contributed by atoms with Gasteiger partial charge in [0.05, 0.1) is 6.04 Å². The summed E-state index contributed by atoms with van der Waals surface area (Å²) in [4.78, 5) is 14.7. The Hall–Kier alpha value is -0.770. The molecule has 2 aliphatic rings. The van der Waals surface area contributed by atoms with Gasteiger partial charge in [0.25, 0.3) is 0 Å². The summed E-state index contributed by atoms with van der Waals surface area (Å²) >= 11 is 0. The summed E-state index contributed by atoms with van der Waals surface area (Å²) in [6, 6.07) is 0.214. The second-order valence-electron chi connectivity index (χ2n) is 8.90. The topological polar surface area (TPSA) is 41.6 Å². The summed E-state index contributed by atoms with van der Waals surface area (Å²) in [5, 5.41) is 3.49. The summed E-state index contributed by atoms with van der Waals surface area (Å²) in [5.41, 5.74) is -0.0553. The van der Waals surface area contributed by atoms with Crippen molar-refractivity contribution >= 4 is 6.09 Å². The smallest absolute Gasteiger partial charge is 0.410 e. The minimum atomic E-state index is -0.435. The van der Waals surface area contributed by atoms with Crippen LogP contribution in [0.2, 0.25) is 0 Å². The summed E-state index contributed by atoms with van der Waals surface area (Å²) in [6.07, 6.45) is 4.84. The average molecular weight is 310 g/mol. The Morgan fingerprint density at radius 3 is 2.41 bits per heavy atom. The highest BCUT2D eigenvalue weighted by molar-refractivity contribution is 5.69. The molecule has 2 atom stereocenters. The van der Waals surface area contributed by atoms with Crippen LogP contribution in [0.25, 0.3) is 0 Å². The fraction of sp³-hybridized carbons (Fsp3) is 0.944. The molecule has 1 amide bonds. The van der Waals surface area contributed by atoms with Gasteiger partial charge in [0.15, 0.2) is 0 Å². The maximum absolute atomic E-state index is 12.7. The van der Waals surface area contributed by atoms with E-state index < -0.39 is 5.60 Å². The minimum Gasteiger partial charge on any atom is -0.444 e. The number of nitrogens with one attached hydrogen (secondary N) is 1. The highest BCUT2D eigenvalue weighted by Gasteiger charge is 2.51. The van der Waals surface area contributed by atoms with E-state index in [0.29, 0.717) is 0 Å². The maximum Gasteiger partial charge on any atom is 0.410 e. The summed E-state index contributed by atoms with van der Waals surface area (Å²) in [5.74, 6) is 0. The van der Waals surface area contributed by atoms with Gasteiger partial charge in [-0.3, -0.25) is 0 Å². The predicted molar refractivity (Wildman–Crippen MR) is 90.0 cm³/mol. The fourth-order valence-electron chi connectivity index (χ4n) is 4.11. The van der Waals surface area contributed by atoms with Gasteiger partial charge in [-0.2, -0.15) is 0 Å². The van der Waals surface area contributed by atoms with Crippen molar-refractivity contribution in [2.24, 2.45) is 10.8 Å². The number of piperazine rings is 1. The van der Waals surface area contributed by atoms with E-state index in [1.54, 1.807) is 0 Å². The van der Waals surface area contributed by atoms with Gasteiger partial charge in [-0.05, 0) is 44.4 Å². The Bertz CT molecular complexity index is 414. The first kappa shape index (κ1) is 17.6. The van der Waals surface area contributed by atoms with Crippen molar-refractivity contribution in [2.75, 3.05) is 19.6 Å². The van der Waals surface area contributed by atoms with Crippen LogP contribution in [0.5, 0.6) is 0 Å². The molecule has 1 aliphatic heterocycles. The van der Waals surface area contributed by atoms with Crippen LogP contribution < -0.4 is 5.32 Å². The Morgan fingerprint density at radius 2 is 1.82 bits per heavy atom. The number of carbonyl (C=O) groups is 1. The van der Waals surface area contributed by atoms with E-state index in [9.17, 15) is 4.79 Å². The number of amides is 1. The zero-order valence-electron chi connectivity index (χ0n) is 15.3. The Kier molecular flexibility index (Phi) is 4.82. The third kappa shape index (κ3) is 3.42. The van der Waals surface area contributed by atoms with Crippen LogP contribution in [0.4, 0.5) is 4.79 Å². The van der Waals surface area contributed by atoms with Gasteiger partial charge >= 0.3 is 6.09 Å². The van der Waals surface area contributed by atoms with Crippen molar-refractivity contribution in [3.63, 3.8) is 0 Å². The third-order valence-electron chi connectivity index (χ3n) is 5.90. The van der Waals surface area contributed by atoms with Crippen LogP contribution in [0.3, 0.4) is 0 Å². The van der Waals surface area contributed by atoms with Crippen molar-refractivity contribution in [3.8, 4) is 0 Å². The second kappa shape index (κ2) is 6.03. The number of rotatable bonds is 1. The lowest BCUT2D eigenvalue weighted by atomic mass is 9.55. The molecule has 2 fully saturated rings. The predicted octanol–water partition coefficient (Wildman–Crippen LogP) is 3.80. The monoisotopic (exact) mass is 310 g/mol. The number of nitrogens with zero attached hydrogens (tertiary/aromatic N) is 1.